The lowest BCUT2D eigenvalue weighted by Crippen LogP contribution is -2.41. The molecule has 0 unspecified atom stereocenters. The van der Waals surface area contributed by atoms with Gasteiger partial charge in [0.2, 0.25) is 5.91 Å². The second kappa shape index (κ2) is 9.31. The van der Waals surface area contributed by atoms with Gasteiger partial charge in [0.15, 0.2) is 0 Å². The summed E-state index contributed by atoms with van der Waals surface area (Å²) in [5.41, 5.74) is 2.37. The molecule has 1 aliphatic rings. The molecular weight excluding hydrogens is 362 g/mol. The fourth-order valence-corrected chi connectivity index (χ4v) is 4.63. The number of thiocarbonyl (C=S) groups is 1. The van der Waals surface area contributed by atoms with Crippen LogP contribution in [0.5, 0.6) is 0 Å². The SMILES string of the molecule is O=C(C[C@H](O)CCc1ccccc1)N1C(=S)SC[C@@H]1Cc1ccccc1. The van der Waals surface area contributed by atoms with Crippen molar-refractivity contribution in [3.05, 3.63) is 71.8 Å². The first-order valence-corrected chi connectivity index (χ1v) is 10.3. The number of hydrogen-bond donors (Lipinski definition) is 1. The van der Waals surface area contributed by atoms with Crippen LogP contribution in [0.2, 0.25) is 0 Å². The van der Waals surface area contributed by atoms with Crippen LogP contribution < -0.4 is 0 Å². The van der Waals surface area contributed by atoms with Crippen molar-refractivity contribution in [2.45, 2.75) is 37.8 Å². The third kappa shape index (κ3) is 5.16. The molecule has 1 fully saturated rings. The Morgan fingerprint density at radius 1 is 1.12 bits per heavy atom. The van der Waals surface area contributed by atoms with Crippen LogP contribution in [0, 0.1) is 0 Å². The van der Waals surface area contributed by atoms with Gasteiger partial charge in [-0.3, -0.25) is 9.69 Å². The van der Waals surface area contributed by atoms with Gasteiger partial charge < -0.3 is 5.11 Å². The highest BCUT2D eigenvalue weighted by Crippen LogP contribution is 2.28. The van der Waals surface area contributed by atoms with Crippen molar-refractivity contribution in [1.29, 1.82) is 0 Å². The zero-order chi connectivity index (χ0) is 18.4. The Hall–Kier alpha value is -1.69. The lowest BCUT2D eigenvalue weighted by Gasteiger charge is -2.25. The molecule has 1 saturated heterocycles. The zero-order valence-electron chi connectivity index (χ0n) is 14.6. The van der Waals surface area contributed by atoms with E-state index in [0.717, 1.165) is 18.6 Å². The van der Waals surface area contributed by atoms with Gasteiger partial charge in [0, 0.05) is 5.75 Å². The lowest BCUT2D eigenvalue weighted by atomic mass is 10.0. The number of benzene rings is 2. The molecule has 5 heteroatoms. The number of thioether (sulfide) groups is 1. The number of nitrogens with zero attached hydrogens (tertiary/aromatic N) is 1. The zero-order valence-corrected chi connectivity index (χ0v) is 16.2. The summed E-state index contributed by atoms with van der Waals surface area (Å²) in [5, 5.41) is 10.3. The third-order valence-corrected chi connectivity index (χ3v) is 6.11. The topological polar surface area (TPSA) is 40.5 Å². The molecule has 1 heterocycles. The Morgan fingerprint density at radius 2 is 1.73 bits per heavy atom. The Labute approximate surface area is 164 Å². The molecule has 0 spiro atoms. The van der Waals surface area contributed by atoms with Gasteiger partial charge in [0.05, 0.1) is 18.6 Å². The average Bonchev–Trinajstić information content (AvgIpc) is 3.02. The van der Waals surface area contributed by atoms with E-state index in [0.29, 0.717) is 10.7 Å². The largest absolute Gasteiger partial charge is 0.393 e. The van der Waals surface area contributed by atoms with Gasteiger partial charge in [-0.05, 0) is 30.4 Å². The molecule has 0 saturated carbocycles. The first-order valence-electron chi connectivity index (χ1n) is 8.88. The lowest BCUT2D eigenvalue weighted by molar-refractivity contribution is -0.130. The van der Waals surface area contributed by atoms with Gasteiger partial charge in [0.1, 0.15) is 4.32 Å². The smallest absolute Gasteiger partial charge is 0.230 e. The molecule has 0 aliphatic carbocycles. The molecule has 3 rings (SSSR count). The van der Waals surface area contributed by atoms with Crippen LogP contribution in [0.3, 0.4) is 0 Å². The summed E-state index contributed by atoms with van der Waals surface area (Å²) in [6.07, 6.45) is 1.61. The second-order valence-electron chi connectivity index (χ2n) is 6.57. The number of aryl methyl sites for hydroxylation is 1. The standard InChI is InChI=1S/C21H23NO2S2/c23-19(12-11-16-7-3-1-4-8-16)14-20(24)22-18(15-26-21(22)25)13-17-9-5-2-6-10-17/h1-10,18-19,23H,11-15H2/t18-,19+/m0/s1. The van der Waals surface area contributed by atoms with Crippen molar-refractivity contribution in [1.82, 2.24) is 4.90 Å². The maximum atomic E-state index is 12.7. The molecule has 2 aromatic rings. The number of amides is 1. The number of carbonyl (C=O) groups is 1. The van der Waals surface area contributed by atoms with Crippen molar-refractivity contribution in [2.75, 3.05) is 5.75 Å². The molecule has 2 atom stereocenters. The van der Waals surface area contributed by atoms with E-state index in [4.69, 9.17) is 12.2 Å². The van der Waals surface area contributed by atoms with E-state index in [1.807, 2.05) is 48.5 Å². The number of aliphatic hydroxyl groups is 1. The molecular formula is C21H23NO2S2. The van der Waals surface area contributed by atoms with Crippen LogP contribution in [0.15, 0.2) is 60.7 Å². The van der Waals surface area contributed by atoms with Crippen LogP contribution >= 0.6 is 24.0 Å². The van der Waals surface area contributed by atoms with Crippen LogP contribution in [0.1, 0.15) is 24.0 Å². The molecule has 2 aromatic carbocycles. The van der Waals surface area contributed by atoms with Gasteiger partial charge in [-0.1, -0.05) is 84.6 Å². The Morgan fingerprint density at radius 3 is 2.38 bits per heavy atom. The average molecular weight is 386 g/mol. The fraction of sp³-hybridized carbons (Fsp3) is 0.333. The maximum absolute atomic E-state index is 12.7. The van der Waals surface area contributed by atoms with Crippen LogP contribution in [-0.4, -0.2) is 38.1 Å². The molecule has 0 bridgehead atoms. The molecule has 0 radical (unpaired) electrons. The summed E-state index contributed by atoms with van der Waals surface area (Å²) in [4.78, 5) is 14.5. The van der Waals surface area contributed by atoms with Gasteiger partial charge in [-0.2, -0.15) is 0 Å². The molecule has 1 amide bonds. The normalized spacial score (nSPS) is 18.1. The molecule has 3 nitrogen and oxygen atoms in total. The van der Waals surface area contributed by atoms with Gasteiger partial charge in [0.25, 0.3) is 0 Å². The van der Waals surface area contributed by atoms with Gasteiger partial charge >= 0.3 is 0 Å². The van der Waals surface area contributed by atoms with Gasteiger partial charge in [-0.15, -0.1) is 0 Å². The van der Waals surface area contributed by atoms with Crippen molar-refractivity contribution in [2.24, 2.45) is 0 Å². The minimum Gasteiger partial charge on any atom is -0.393 e. The summed E-state index contributed by atoms with van der Waals surface area (Å²) in [6.45, 7) is 0. The third-order valence-electron chi connectivity index (χ3n) is 4.56. The second-order valence-corrected chi connectivity index (χ2v) is 8.22. The highest BCUT2D eigenvalue weighted by molar-refractivity contribution is 8.23. The quantitative estimate of drug-likeness (QED) is 0.735. The van der Waals surface area contributed by atoms with E-state index in [1.165, 1.54) is 11.1 Å². The van der Waals surface area contributed by atoms with E-state index >= 15 is 0 Å². The number of rotatable bonds is 7. The number of hydrogen-bond acceptors (Lipinski definition) is 4. The highest BCUT2D eigenvalue weighted by atomic mass is 32.2. The minimum atomic E-state index is -0.645. The van der Waals surface area contributed by atoms with E-state index in [1.54, 1.807) is 16.7 Å². The van der Waals surface area contributed by atoms with E-state index in [2.05, 4.69) is 12.1 Å². The van der Waals surface area contributed by atoms with Crippen molar-refractivity contribution in [3.8, 4) is 0 Å². The summed E-state index contributed by atoms with van der Waals surface area (Å²) < 4.78 is 0.631. The van der Waals surface area contributed by atoms with Crippen molar-refractivity contribution >= 4 is 34.2 Å². The molecule has 136 valence electrons. The number of carbonyl (C=O) groups excluding carboxylic acids is 1. The van der Waals surface area contributed by atoms with Crippen molar-refractivity contribution in [3.63, 3.8) is 0 Å². The first-order chi connectivity index (χ1) is 12.6. The Bertz CT molecular complexity index is 736. The summed E-state index contributed by atoms with van der Waals surface area (Å²) in [6, 6.07) is 20.3. The summed E-state index contributed by atoms with van der Waals surface area (Å²) in [7, 11) is 0. The predicted molar refractivity (Wildman–Crippen MR) is 111 cm³/mol. The van der Waals surface area contributed by atoms with Crippen LogP contribution in [0.25, 0.3) is 0 Å². The van der Waals surface area contributed by atoms with Gasteiger partial charge in [-0.25, -0.2) is 0 Å². The fourth-order valence-electron chi connectivity index (χ4n) is 3.18. The number of aliphatic hydroxyl groups excluding tert-OH is 1. The molecule has 1 N–H and O–H groups in total. The van der Waals surface area contributed by atoms with E-state index in [-0.39, 0.29) is 18.4 Å². The Kier molecular flexibility index (Phi) is 6.83. The van der Waals surface area contributed by atoms with E-state index in [9.17, 15) is 9.90 Å². The predicted octanol–water partition coefficient (Wildman–Crippen LogP) is 3.84. The van der Waals surface area contributed by atoms with E-state index < -0.39 is 6.10 Å². The monoisotopic (exact) mass is 385 g/mol. The maximum Gasteiger partial charge on any atom is 0.230 e. The van der Waals surface area contributed by atoms with Crippen LogP contribution in [0.4, 0.5) is 0 Å². The summed E-state index contributed by atoms with van der Waals surface area (Å²) >= 11 is 6.94. The highest BCUT2D eigenvalue weighted by Gasteiger charge is 2.34. The molecule has 26 heavy (non-hydrogen) atoms. The van der Waals surface area contributed by atoms with Crippen molar-refractivity contribution < 1.29 is 9.90 Å². The summed E-state index contributed by atoms with van der Waals surface area (Å²) in [5.74, 6) is 0.751. The molecule has 0 aromatic heterocycles. The Balaban J connectivity index is 1.55. The first kappa shape index (κ1) is 19.1. The van der Waals surface area contributed by atoms with Crippen LogP contribution in [-0.2, 0) is 17.6 Å². The minimum absolute atomic E-state index is 0.0681. The molecule has 1 aliphatic heterocycles.